The van der Waals surface area contributed by atoms with Crippen LogP contribution in [0.1, 0.15) is 72.1 Å². The zero-order valence-corrected chi connectivity index (χ0v) is 21.1. The number of likely N-dealkylation sites (N-methyl/N-ethyl adjacent to an activating group) is 1. The number of fused-ring (bicyclic) bond motifs is 2. The lowest BCUT2D eigenvalue weighted by Crippen LogP contribution is -2.56. The Morgan fingerprint density at radius 3 is 2.66 bits per heavy atom. The first-order valence-electron chi connectivity index (χ1n) is 12.4. The molecule has 0 aromatic carbocycles. The van der Waals surface area contributed by atoms with E-state index in [4.69, 9.17) is 4.74 Å². The van der Waals surface area contributed by atoms with E-state index in [0.29, 0.717) is 38.6 Å². The van der Waals surface area contributed by atoms with E-state index in [1.807, 2.05) is 39.1 Å². The van der Waals surface area contributed by atoms with Crippen LogP contribution in [0, 0.1) is 17.4 Å². The summed E-state index contributed by atoms with van der Waals surface area (Å²) < 4.78 is 5.56. The van der Waals surface area contributed by atoms with Gasteiger partial charge >= 0.3 is 6.09 Å². The summed E-state index contributed by atoms with van der Waals surface area (Å²) >= 11 is 0. The lowest BCUT2D eigenvalue weighted by atomic mass is 10.1. The summed E-state index contributed by atoms with van der Waals surface area (Å²) in [5.41, 5.74) is -1.68. The number of carbonyl (C=O) groups is 4. The van der Waals surface area contributed by atoms with Gasteiger partial charge in [0.05, 0.1) is 0 Å². The van der Waals surface area contributed by atoms with Crippen molar-refractivity contribution in [3.63, 3.8) is 0 Å². The average molecular weight is 488 g/mol. The van der Waals surface area contributed by atoms with Gasteiger partial charge in [0.1, 0.15) is 11.6 Å². The quantitative estimate of drug-likeness (QED) is 0.349. The van der Waals surface area contributed by atoms with Gasteiger partial charge in [-0.3, -0.25) is 19.3 Å². The molecular weight excluding hydrogens is 450 g/mol. The molecule has 10 heteroatoms. The first-order chi connectivity index (χ1) is 16.5. The van der Waals surface area contributed by atoms with Crippen molar-refractivity contribution < 1.29 is 23.9 Å². The highest BCUT2D eigenvalue weighted by atomic mass is 16.6. The highest BCUT2D eigenvalue weighted by molar-refractivity contribution is 5.98. The molecule has 0 spiro atoms. The van der Waals surface area contributed by atoms with Gasteiger partial charge in [0.2, 0.25) is 5.91 Å². The topological polar surface area (TPSA) is 132 Å². The third-order valence-electron chi connectivity index (χ3n) is 6.74. The summed E-state index contributed by atoms with van der Waals surface area (Å²) in [6.45, 7) is 5.85. The molecule has 0 aromatic rings. The van der Waals surface area contributed by atoms with Crippen LogP contribution in [0.3, 0.4) is 0 Å². The Bertz CT molecular complexity index is 920. The van der Waals surface area contributed by atoms with Crippen LogP contribution in [0.4, 0.5) is 4.79 Å². The molecular formula is C25H37N5O5. The molecule has 10 nitrogen and oxygen atoms in total. The smallest absolute Gasteiger partial charge is 0.408 e. The van der Waals surface area contributed by atoms with E-state index in [9.17, 15) is 24.4 Å². The number of carbonyl (C=O) groups excluding carboxylic acids is 4. The average Bonchev–Trinajstić information content (AvgIpc) is 3.24. The number of hydrogen-bond acceptors (Lipinski definition) is 6. The van der Waals surface area contributed by atoms with Gasteiger partial charge in [-0.2, -0.15) is 5.26 Å². The van der Waals surface area contributed by atoms with Crippen molar-refractivity contribution in [2.75, 3.05) is 13.6 Å². The largest absolute Gasteiger partial charge is 0.436 e. The van der Waals surface area contributed by atoms with Crippen molar-refractivity contribution in [2.45, 2.75) is 95.4 Å². The number of nitrogens with zero attached hydrogens (tertiary/aromatic N) is 3. The minimum Gasteiger partial charge on any atom is -0.436 e. The lowest BCUT2D eigenvalue weighted by Gasteiger charge is -2.30. The Hall–Kier alpha value is -3.09. The SMILES string of the molecule is CN(C#N)C(=O)[C@@]12C[C@H]1C=CCCCCC[C@H](OC(=O)NC(C)(C)C)C(=O)N1CCC[C@H]1C(=O)N2. The Balaban J connectivity index is 1.83. The van der Waals surface area contributed by atoms with E-state index in [1.165, 1.54) is 11.9 Å². The van der Waals surface area contributed by atoms with E-state index >= 15 is 0 Å². The van der Waals surface area contributed by atoms with Gasteiger partial charge in [0, 0.05) is 25.0 Å². The molecule has 2 fully saturated rings. The van der Waals surface area contributed by atoms with Crippen molar-refractivity contribution >= 4 is 23.8 Å². The molecule has 2 heterocycles. The molecule has 2 N–H and O–H groups in total. The normalized spacial score (nSPS) is 29.5. The predicted molar refractivity (Wildman–Crippen MR) is 127 cm³/mol. The third-order valence-corrected chi connectivity index (χ3v) is 6.74. The van der Waals surface area contributed by atoms with Gasteiger partial charge in [0.25, 0.3) is 11.8 Å². The standard InChI is InChI=1S/C25H37N5O5/c1-24(2,3)28-23(34)35-19-13-9-7-5-6-8-11-17-15-25(17,22(33)29(4)16-26)27-20(31)18-12-10-14-30(18)21(19)32/h8,11,17-19H,5-7,9-10,12-15H2,1-4H3,(H,27,31)(H,28,34)/t17-,18+,19+,25-/m1/s1. The predicted octanol–water partition coefficient (Wildman–Crippen LogP) is 2.21. The van der Waals surface area contributed by atoms with E-state index in [-0.39, 0.29) is 11.8 Å². The van der Waals surface area contributed by atoms with Crippen molar-refractivity contribution in [3.8, 4) is 6.19 Å². The van der Waals surface area contributed by atoms with E-state index in [0.717, 1.165) is 24.2 Å². The van der Waals surface area contributed by atoms with E-state index in [2.05, 4.69) is 10.6 Å². The van der Waals surface area contributed by atoms with E-state index < -0.39 is 41.1 Å². The number of alkyl carbamates (subject to hydrolysis) is 1. The molecule has 2 aliphatic heterocycles. The number of ether oxygens (including phenoxy) is 1. The lowest BCUT2D eigenvalue weighted by molar-refractivity contribution is -0.146. The number of rotatable bonds is 2. The third kappa shape index (κ3) is 6.32. The number of nitriles is 1. The molecule has 1 saturated carbocycles. The summed E-state index contributed by atoms with van der Waals surface area (Å²) in [6.07, 6.45) is 9.25. The Morgan fingerprint density at radius 2 is 1.97 bits per heavy atom. The fraction of sp³-hybridized carbons (Fsp3) is 0.720. The Kier molecular flexibility index (Phi) is 8.08. The zero-order valence-electron chi connectivity index (χ0n) is 21.1. The van der Waals surface area contributed by atoms with Crippen molar-refractivity contribution in [2.24, 2.45) is 5.92 Å². The van der Waals surface area contributed by atoms with Crippen LogP contribution < -0.4 is 10.6 Å². The van der Waals surface area contributed by atoms with Crippen molar-refractivity contribution in [1.82, 2.24) is 20.4 Å². The first kappa shape index (κ1) is 26.5. The number of hydrogen-bond donors (Lipinski definition) is 2. The molecule has 3 aliphatic rings. The summed E-state index contributed by atoms with van der Waals surface area (Å²) in [6, 6.07) is -0.758. The maximum absolute atomic E-state index is 13.5. The van der Waals surface area contributed by atoms with Gasteiger partial charge in [-0.1, -0.05) is 18.6 Å². The molecule has 1 aliphatic carbocycles. The first-order valence-corrected chi connectivity index (χ1v) is 12.4. The number of amides is 4. The van der Waals surface area contributed by atoms with Crippen LogP contribution in [0.5, 0.6) is 0 Å². The summed E-state index contributed by atoms with van der Waals surface area (Å²) in [4.78, 5) is 54.7. The van der Waals surface area contributed by atoms with Gasteiger partial charge in [0.15, 0.2) is 12.3 Å². The minimum absolute atomic E-state index is 0.192. The summed E-state index contributed by atoms with van der Waals surface area (Å²) in [5, 5.41) is 14.8. The van der Waals surface area contributed by atoms with Crippen LogP contribution >= 0.6 is 0 Å². The van der Waals surface area contributed by atoms with Crippen LogP contribution in [0.2, 0.25) is 0 Å². The van der Waals surface area contributed by atoms with Gasteiger partial charge < -0.3 is 20.3 Å². The number of nitrogens with one attached hydrogen (secondary N) is 2. The van der Waals surface area contributed by atoms with Gasteiger partial charge in [-0.05, 0) is 65.7 Å². The van der Waals surface area contributed by atoms with Crippen molar-refractivity contribution in [3.05, 3.63) is 12.2 Å². The molecule has 35 heavy (non-hydrogen) atoms. The van der Waals surface area contributed by atoms with Crippen LogP contribution in [-0.4, -0.2) is 70.4 Å². The molecule has 0 bridgehead atoms. The van der Waals surface area contributed by atoms with Gasteiger partial charge in [-0.15, -0.1) is 0 Å². The Labute approximate surface area is 207 Å². The molecule has 4 atom stereocenters. The fourth-order valence-electron chi connectivity index (χ4n) is 4.83. The second kappa shape index (κ2) is 10.7. The fourth-order valence-corrected chi connectivity index (χ4v) is 4.83. The minimum atomic E-state index is -1.17. The molecule has 4 amide bonds. The Morgan fingerprint density at radius 1 is 1.23 bits per heavy atom. The maximum atomic E-state index is 13.5. The monoisotopic (exact) mass is 487 g/mol. The molecule has 3 rings (SSSR count). The van der Waals surface area contributed by atoms with Crippen LogP contribution in [0.25, 0.3) is 0 Å². The maximum Gasteiger partial charge on any atom is 0.408 e. The molecule has 0 unspecified atom stereocenters. The van der Waals surface area contributed by atoms with E-state index in [1.54, 1.807) is 0 Å². The van der Waals surface area contributed by atoms with Crippen LogP contribution in [-0.2, 0) is 19.1 Å². The zero-order chi connectivity index (χ0) is 25.8. The molecule has 192 valence electrons. The highest BCUT2D eigenvalue weighted by Crippen LogP contribution is 2.46. The second-order valence-corrected chi connectivity index (χ2v) is 10.8. The highest BCUT2D eigenvalue weighted by Gasteiger charge is 2.61. The second-order valence-electron chi connectivity index (χ2n) is 10.8. The number of allylic oxidation sites excluding steroid dienone is 1. The molecule has 0 aromatic heterocycles. The summed E-state index contributed by atoms with van der Waals surface area (Å²) in [7, 11) is 1.38. The molecule has 0 radical (unpaired) electrons. The van der Waals surface area contributed by atoms with Crippen LogP contribution in [0.15, 0.2) is 12.2 Å². The van der Waals surface area contributed by atoms with Crippen molar-refractivity contribution in [1.29, 1.82) is 5.26 Å². The van der Waals surface area contributed by atoms with Gasteiger partial charge in [-0.25, -0.2) is 4.79 Å². The molecule has 1 saturated heterocycles. The summed E-state index contributed by atoms with van der Waals surface area (Å²) in [5.74, 6) is -1.45.